The first kappa shape index (κ1) is 12.8. The molecule has 0 bridgehead atoms. The zero-order chi connectivity index (χ0) is 12.1. The Morgan fingerprint density at radius 1 is 1.31 bits per heavy atom. The third-order valence-electron chi connectivity index (χ3n) is 2.69. The van der Waals surface area contributed by atoms with E-state index in [1.807, 2.05) is 13.1 Å². The molecule has 0 saturated carbocycles. The number of benzene rings is 1. The molecule has 0 saturated heterocycles. The van der Waals surface area contributed by atoms with E-state index in [1.165, 1.54) is 0 Å². The number of nitrogens with one attached hydrogen (secondary N) is 2. The average molecular weight is 224 g/mol. The van der Waals surface area contributed by atoms with Crippen molar-refractivity contribution in [2.24, 2.45) is 0 Å². The molecule has 0 heterocycles. The van der Waals surface area contributed by atoms with E-state index < -0.39 is 0 Å². The molecule has 1 aromatic carbocycles. The van der Waals surface area contributed by atoms with E-state index in [0.29, 0.717) is 11.6 Å². The van der Waals surface area contributed by atoms with Gasteiger partial charge in [0, 0.05) is 13.1 Å². The molecule has 16 heavy (non-hydrogen) atoms. The van der Waals surface area contributed by atoms with Gasteiger partial charge in [-0.3, -0.25) is 0 Å². The minimum Gasteiger partial charge on any atom is -0.386 e. The van der Waals surface area contributed by atoms with Crippen LogP contribution in [0.25, 0.3) is 0 Å². The summed E-state index contributed by atoms with van der Waals surface area (Å²) >= 11 is 0. The van der Waals surface area contributed by atoms with Gasteiger partial charge >= 0.3 is 0 Å². The molecule has 1 aromatic rings. The van der Waals surface area contributed by atoms with Crippen LogP contribution in [0.4, 0.5) is 15.8 Å². The molecular formula is C13H21FN2. The highest BCUT2D eigenvalue weighted by atomic mass is 19.1. The second kappa shape index (κ2) is 5.73. The molecule has 0 aliphatic rings. The zero-order valence-corrected chi connectivity index (χ0v) is 10.5. The van der Waals surface area contributed by atoms with Crippen LogP contribution in [0, 0.1) is 12.7 Å². The van der Waals surface area contributed by atoms with Crippen LogP contribution >= 0.6 is 0 Å². The van der Waals surface area contributed by atoms with Crippen LogP contribution in [0.3, 0.4) is 0 Å². The van der Waals surface area contributed by atoms with Crippen LogP contribution in [0.1, 0.15) is 32.3 Å². The Bertz CT molecular complexity index is 350. The van der Waals surface area contributed by atoms with Crippen molar-refractivity contribution in [1.82, 2.24) is 0 Å². The lowest BCUT2D eigenvalue weighted by Crippen LogP contribution is -2.15. The number of aryl methyl sites for hydroxylation is 1. The normalized spacial score (nSPS) is 12.3. The van der Waals surface area contributed by atoms with Gasteiger partial charge in [0.05, 0.1) is 11.4 Å². The van der Waals surface area contributed by atoms with Gasteiger partial charge in [0.1, 0.15) is 5.82 Å². The zero-order valence-electron chi connectivity index (χ0n) is 10.5. The van der Waals surface area contributed by atoms with Gasteiger partial charge in [0.15, 0.2) is 0 Å². The molecule has 1 atom stereocenters. The Balaban J connectivity index is 2.89. The van der Waals surface area contributed by atoms with E-state index in [0.717, 1.165) is 24.2 Å². The predicted molar refractivity (Wildman–Crippen MR) is 68.7 cm³/mol. The van der Waals surface area contributed by atoms with E-state index in [9.17, 15) is 4.39 Å². The third kappa shape index (κ3) is 3.12. The first-order valence-corrected chi connectivity index (χ1v) is 5.83. The summed E-state index contributed by atoms with van der Waals surface area (Å²) in [5, 5.41) is 6.41. The smallest absolute Gasteiger partial charge is 0.128 e. The van der Waals surface area contributed by atoms with E-state index in [4.69, 9.17) is 0 Å². The minimum atomic E-state index is -0.162. The summed E-state index contributed by atoms with van der Waals surface area (Å²) in [5.74, 6) is -0.162. The van der Waals surface area contributed by atoms with Crippen LogP contribution in [-0.4, -0.2) is 13.1 Å². The van der Waals surface area contributed by atoms with E-state index in [1.54, 1.807) is 13.0 Å². The van der Waals surface area contributed by atoms with Crippen LogP contribution in [-0.2, 0) is 0 Å². The standard InChI is InChI=1S/C13H21FN2/c1-5-6-10(3)16-13-8-11(14)9(2)7-12(13)15-4/h7-8,10,15-16H,5-6H2,1-4H3. The van der Waals surface area contributed by atoms with Crippen molar-refractivity contribution >= 4 is 11.4 Å². The molecule has 3 heteroatoms. The van der Waals surface area contributed by atoms with Gasteiger partial charge in [0.25, 0.3) is 0 Å². The van der Waals surface area contributed by atoms with Crippen LogP contribution < -0.4 is 10.6 Å². The van der Waals surface area contributed by atoms with Crippen LogP contribution in [0.15, 0.2) is 12.1 Å². The van der Waals surface area contributed by atoms with Gasteiger partial charge < -0.3 is 10.6 Å². The largest absolute Gasteiger partial charge is 0.386 e. The highest BCUT2D eigenvalue weighted by Gasteiger charge is 2.08. The third-order valence-corrected chi connectivity index (χ3v) is 2.69. The number of anilines is 2. The number of hydrogen-bond donors (Lipinski definition) is 2. The Hall–Kier alpha value is -1.25. The first-order valence-electron chi connectivity index (χ1n) is 5.83. The fourth-order valence-electron chi connectivity index (χ4n) is 1.78. The summed E-state index contributed by atoms with van der Waals surface area (Å²) in [6, 6.07) is 3.75. The molecule has 0 spiro atoms. The molecule has 0 amide bonds. The monoisotopic (exact) mass is 224 g/mol. The van der Waals surface area contributed by atoms with Crippen LogP contribution in [0.2, 0.25) is 0 Å². The van der Waals surface area contributed by atoms with Crippen molar-refractivity contribution in [3.63, 3.8) is 0 Å². The molecule has 0 aliphatic heterocycles. The topological polar surface area (TPSA) is 24.1 Å². The van der Waals surface area contributed by atoms with Crippen molar-refractivity contribution in [2.75, 3.05) is 17.7 Å². The van der Waals surface area contributed by atoms with E-state index in [2.05, 4.69) is 24.5 Å². The molecule has 0 aromatic heterocycles. The lowest BCUT2D eigenvalue weighted by molar-refractivity contribution is 0.618. The Labute approximate surface area is 97.3 Å². The number of halogens is 1. The molecule has 1 unspecified atom stereocenters. The molecular weight excluding hydrogens is 203 g/mol. The van der Waals surface area contributed by atoms with Crippen molar-refractivity contribution in [2.45, 2.75) is 39.7 Å². The number of rotatable bonds is 5. The second-order valence-corrected chi connectivity index (χ2v) is 4.23. The summed E-state index contributed by atoms with van der Waals surface area (Å²) in [7, 11) is 1.85. The summed E-state index contributed by atoms with van der Waals surface area (Å²) < 4.78 is 13.5. The highest BCUT2D eigenvalue weighted by Crippen LogP contribution is 2.26. The van der Waals surface area contributed by atoms with Crippen molar-refractivity contribution in [1.29, 1.82) is 0 Å². The molecule has 2 N–H and O–H groups in total. The average Bonchev–Trinajstić information content (AvgIpc) is 2.23. The van der Waals surface area contributed by atoms with Gasteiger partial charge in [-0.2, -0.15) is 0 Å². The fourth-order valence-corrected chi connectivity index (χ4v) is 1.78. The first-order chi connectivity index (χ1) is 7.58. The van der Waals surface area contributed by atoms with Crippen molar-refractivity contribution < 1.29 is 4.39 Å². The summed E-state index contributed by atoms with van der Waals surface area (Å²) in [6.45, 7) is 6.03. The minimum absolute atomic E-state index is 0.162. The van der Waals surface area contributed by atoms with Crippen LogP contribution in [0.5, 0.6) is 0 Å². The van der Waals surface area contributed by atoms with Gasteiger partial charge in [-0.25, -0.2) is 4.39 Å². The summed E-state index contributed by atoms with van der Waals surface area (Å²) in [6.07, 6.45) is 2.20. The molecule has 0 radical (unpaired) electrons. The highest BCUT2D eigenvalue weighted by molar-refractivity contribution is 5.70. The molecule has 1 rings (SSSR count). The quantitative estimate of drug-likeness (QED) is 0.795. The Morgan fingerprint density at radius 2 is 2.00 bits per heavy atom. The molecule has 0 fully saturated rings. The SMILES string of the molecule is CCCC(C)Nc1cc(F)c(C)cc1NC. The number of hydrogen-bond acceptors (Lipinski definition) is 2. The lowest BCUT2D eigenvalue weighted by Gasteiger charge is -2.18. The van der Waals surface area contributed by atoms with Gasteiger partial charge in [0.2, 0.25) is 0 Å². The molecule has 0 aliphatic carbocycles. The van der Waals surface area contributed by atoms with Gasteiger partial charge in [-0.05, 0) is 38.0 Å². The van der Waals surface area contributed by atoms with Gasteiger partial charge in [-0.15, -0.1) is 0 Å². The lowest BCUT2D eigenvalue weighted by atomic mass is 10.1. The van der Waals surface area contributed by atoms with Gasteiger partial charge in [-0.1, -0.05) is 13.3 Å². The fraction of sp³-hybridized carbons (Fsp3) is 0.538. The maximum Gasteiger partial charge on any atom is 0.128 e. The van der Waals surface area contributed by atoms with E-state index in [-0.39, 0.29) is 5.82 Å². The van der Waals surface area contributed by atoms with E-state index >= 15 is 0 Å². The summed E-state index contributed by atoms with van der Waals surface area (Å²) in [5.41, 5.74) is 2.45. The second-order valence-electron chi connectivity index (χ2n) is 4.23. The predicted octanol–water partition coefficient (Wildman–Crippen LogP) is 3.78. The van der Waals surface area contributed by atoms with Crippen molar-refractivity contribution in [3.05, 3.63) is 23.5 Å². The van der Waals surface area contributed by atoms with Crippen molar-refractivity contribution in [3.8, 4) is 0 Å². The molecule has 2 nitrogen and oxygen atoms in total. The maximum atomic E-state index is 13.5. The maximum absolute atomic E-state index is 13.5. The Kier molecular flexibility index (Phi) is 4.59. The molecule has 90 valence electrons. The summed E-state index contributed by atoms with van der Waals surface area (Å²) in [4.78, 5) is 0. The Morgan fingerprint density at radius 3 is 2.56 bits per heavy atom.